The van der Waals surface area contributed by atoms with Crippen molar-refractivity contribution in [2.75, 3.05) is 0 Å². The monoisotopic (exact) mass is 157 g/mol. The highest BCUT2D eigenvalue weighted by Gasteiger charge is 2.57. The second kappa shape index (κ2) is 2.22. The summed E-state index contributed by atoms with van der Waals surface area (Å²) in [5, 5.41) is 0. The molecule has 0 heterocycles. The lowest BCUT2D eigenvalue weighted by molar-refractivity contribution is -0.144. The second-order valence-corrected chi connectivity index (χ2v) is 3.08. The van der Waals surface area contributed by atoms with Gasteiger partial charge in [0.25, 0.3) is 0 Å². The lowest BCUT2D eigenvalue weighted by atomic mass is 10.1. The summed E-state index contributed by atoms with van der Waals surface area (Å²) in [6.45, 7) is 3.02. The molecular formula is C7H11NO3. The van der Waals surface area contributed by atoms with Crippen LogP contribution in [0.3, 0.4) is 0 Å². The molecule has 0 bridgehead atoms. The zero-order valence-electron chi connectivity index (χ0n) is 6.59. The van der Waals surface area contributed by atoms with E-state index in [0.717, 1.165) is 0 Å². The molecule has 2 unspecified atom stereocenters. The van der Waals surface area contributed by atoms with Gasteiger partial charge in [0, 0.05) is 13.3 Å². The maximum absolute atomic E-state index is 10.7. The summed E-state index contributed by atoms with van der Waals surface area (Å²) in [5.74, 6) is -0.760. The first kappa shape index (κ1) is 8.04. The standard InChI is InChI=1S/C7H11NO3/c1-4(9)11-5-3-7(5,2)6(8)10/h5H,3H2,1-2H3,(H2,8,10). The number of ether oxygens (including phenoxy) is 1. The summed E-state index contributed by atoms with van der Waals surface area (Å²) in [4.78, 5) is 21.1. The van der Waals surface area contributed by atoms with Crippen LogP contribution in [0.25, 0.3) is 0 Å². The van der Waals surface area contributed by atoms with Crippen molar-refractivity contribution >= 4 is 11.9 Å². The maximum Gasteiger partial charge on any atom is 0.302 e. The third-order valence-corrected chi connectivity index (χ3v) is 2.03. The van der Waals surface area contributed by atoms with Gasteiger partial charge in [0.1, 0.15) is 6.10 Å². The summed E-state index contributed by atoms with van der Waals surface area (Å²) in [6, 6.07) is 0. The van der Waals surface area contributed by atoms with Gasteiger partial charge in [-0.05, 0) is 6.92 Å². The Kier molecular flexibility index (Phi) is 1.62. The van der Waals surface area contributed by atoms with Crippen molar-refractivity contribution in [3.05, 3.63) is 0 Å². The molecule has 0 aromatic heterocycles. The van der Waals surface area contributed by atoms with Crippen LogP contribution in [-0.2, 0) is 14.3 Å². The van der Waals surface area contributed by atoms with Crippen molar-refractivity contribution in [2.45, 2.75) is 26.4 Å². The highest BCUT2D eigenvalue weighted by Crippen LogP contribution is 2.47. The van der Waals surface area contributed by atoms with E-state index in [0.29, 0.717) is 6.42 Å². The van der Waals surface area contributed by atoms with Gasteiger partial charge in [-0.3, -0.25) is 9.59 Å². The smallest absolute Gasteiger partial charge is 0.302 e. The zero-order valence-corrected chi connectivity index (χ0v) is 6.59. The minimum absolute atomic E-state index is 0.294. The fourth-order valence-corrected chi connectivity index (χ4v) is 0.958. The molecule has 1 rings (SSSR count). The zero-order chi connectivity index (χ0) is 8.65. The van der Waals surface area contributed by atoms with E-state index in [1.54, 1.807) is 6.92 Å². The number of hydrogen-bond donors (Lipinski definition) is 1. The van der Waals surface area contributed by atoms with Crippen molar-refractivity contribution in [3.8, 4) is 0 Å². The van der Waals surface area contributed by atoms with Gasteiger partial charge in [0.15, 0.2) is 0 Å². The van der Waals surface area contributed by atoms with Crippen LogP contribution in [0.1, 0.15) is 20.3 Å². The first-order chi connectivity index (χ1) is 4.97. The summed E-state index contributed by atoms with van der Waals surface area (Å²) in [6.07, 6.45) is 0.263. The largest absolute Gasteiger partial charge is 0.461 e. The van der Waals surface area contributed by atoms with Crippen LogP contribution in [0.15, 0.2) is 0 Å². The SMILES string of the molecule is CC(=O)OC1CC1(C)C(N)=O. The first-order valence-corrected chi connectivity index (χ1v) is 3.44. The van der Waals surface area contributed by atoms with Gasteiger partial charge < -0.3 is 10.5 Å². The maximum atomic E-state index is 10.7. The minimum atomic E-state index is -0.605. The van der Waals surface area contributed by atoms with E-state index in [1.165, 1.54) is 6.92 Å². The molecule has 0 aliphatic heterocycles. The van der Waals surface area contributed by atoms with Crippen molar-refractivity contribution in [3.63, 3.8) is 0 Å². The van der Waals surface area contributed by atoms with E-state index in [9.17, 15) is 9.59 Å². The molecular weight excluding hydrogens is 146 g/mol. The summed E-state index contributed by atoms with van der Waals surface area (Å²) >= 11 is 0. The van der Waals surface area contributed by atoms with Gasteiger partial charge in [-0.1, -0.05) is 0 Å². The lowest BCUT2D eigenvalue weighted by Crippen LogP contribution is -2.26. The van der Waals surface area contributed by atoms with Crippen LogP contribution >= 0.6 is 0 Å². The molecule has 4 nitrogen and oxygen atoms in total. The predicted molar refractivity (Wildman–Crippen MR) is 37.5 cm³/mol. The molecule has 1 fully saturated rings. The fraction of sp³-hybridized carbons (Fsp3) is 0.714. The average Bonchev–Trinajstić information content (AvgIpc) is 2.42. The predicted octanol–water partition coefficient (Wildman–Crippen LogP) is -0.187. The number of rotatable bonds is 2. The molecule has 0 aromatic carbocycles. The van der Waals surface area contributed by atoms with Gasteiger partial charge in [-0.25, -0.2) is 0 Å². The van der Waals surface area contributed by atoms with E-state index < -0.39 is 11.3 Å². The van der Waals surface area contributed by atoms with E-state index in [1.807, 2.05) is 0 Å². The average molecular weight is 157 g/mol. The number of primary amides is 1. The van der Waals surface area contributed by atoms with E-state index in [2.05, 4.69) is 0 Å². The van der Waals surface area contributed by atoms with Gasteiger partial charge in [0.2, 0.25) is 5.91 Å². The first-order valence-electron chi connectivity index (χ1n) is 3.44. The van der Waals surface area contributed by atoms with Gasteiger partial charge >= 0.3 is 5.97 Å². The van der Waals surface area contributed by atoms with E-state index >= 15 is 0 Å². The Hall–Kier alpha value is -1.06. The summed E-state index contributed by atoms with van der Waals surface area (Å²) in [7, 11) is 0. The molecule has 0 radical (unpaired) electrons. The van der Waals surface area contributed by atoms with Gasteiger partial charge in [-0.2, -0.15) is 0 Å². The Morgan fingerprint density at radius 2 is 2.18 bits per heavy atom. The molecule has 1 aliphatic carbocycles. The number of carbonyl (C=O) groups excluding carboxylic acids is 2. The Balaban J connectivity index is 2.47. The molecule has 0 spiro atoms. The number of nitrogens with two attached hydrogens (primary N) is 1. The Morgan fingerprint density at radius 3 is 2.45 bits per heavy atom. The second-order valence-electron chi connectivity index (χ2n) is 3.08. The van der Waals surface area contributed by atoms with Gasteiger partial charge in [0.05, 0.1) is 5.41 Å². The minimum Gasteiger partial charge on any atom is -0.461 e. The molecule has 1 amide bonds. The number of esters is 1. The summed E-state index contributed by atoms with van der Waals surface area (Å²) in [5.41, 5.74) is 4.46. The van der Waals surface area contributed by atoms with Crippen molar-refractivity contribution < 1.29 is 14.3 Å². The molecule has 1 saturated carbocycles. The van der Waals surface area contributed by atoms with Crippen molar-refractivity contribution in [1.29, 1.82) is 0 Å². The van der Waals surface area contributed by atoms with Crippen molar-refractivity contribution in [1.82, 2.24) is 0 Å². The Labute approximate surface area is 64.7 Å². The Bertz CT molecular complexity index is 214. The number of carbonyl (C=O) groups is 2. The molecule has 0 saturated heterocycles. The number of amides is 1. The lowest BCUT2D eigenvalue weighted by Gasteiger charge is -2.04. The van der Waals surface area contributed by atoms with E-state index in [4.69, 9.17) is 10.5 Å². The molecule has 2 atom stereocenters. The molecule has 11 heavy (non-hydrogen) atoms. The van der Waals surface area contributed by atoms with Gasteiger partial charge in [-0.15, -0.1) is 0 Å². The van der Waals surface area contributed by atoms with Crippen LogP contribution in [-0.4, -0.2) is 18.0 Å². The molecule has 2 N–H and O–H groups in total. The highest BCUT2D eigenvalue weighted by atomic mass is 16.5. The number of hydrogen-bond acceptors (Lipinski definition) is 3. The topological polar surface area (TPSA) is 69.4 Å². The normalized spacial score (nSPS) is 34.5. The summed E-state index contributed by atoms with van der Waals surface area (Å²) < 4.78 is 4.80. The van der Waals surface area contributed by atoms with E-state index in [-0.39, 0.29) is 12.1 Å². The van der Waals surface area contributed by atoms with Crippen LogP contribution in [0.5, 0.6) is 0 Å². The highest BCUT2D eigenvalue weighted by molar-refractivity contribution is 5.85. The third-order valence-electron chi connectivity index (χ3n) is 2.03. The third kappa shape index (κ3) is 1.34. The van der Waals surface area contributed by atoms with Crippen LogP contribution in [0.4, 0.5) is 0 Å². The Morgan fingerprint density at radius 1 is 1.64 bits per heavy atom. The molecule has 62 valence electrons. The van der Waals surface area contributed by atoms with Crippen molar-refractivity contribution in [2.24, 2.45) is 11.1 Å². The molecule has 1 aliphatic rings. The molecule has 4 heteroatoms. The van der Waals surface area contributed by atoms with Crippen LogP contribution in [0.2, 0.25) is 0 Å². The van der Waals surface area contributed by atoms with Crippen LogP contribution in [0, 0.1) is 5.41 Å². The van der Waals surface area contributed by atoms with Crippen LogP contribution < -0.4 is 5.73 Å². The fourth-order valence-electron chi connectivity index (χ4n) is 0.958. The quantitative estimate of drug-likeness (QED) is 0.565. The molecule has 0 aromatic rings.